The molecule has 3 amide bonds. The van der Waals surface area contributed by atoms with Crippen LogP contribution in [0.2, 0.25) is 0 Å². The smallest absolute Gasteiger partial charge is 0.343 e. The Kier molecular flexibility index (Phi) is 5.95. The normalized spacial score (nSPS) is 17.1. The first-order chi connectivity index (χ1) is 16.5. The third-order valence-electron chi connectivity index (χ3n) is 5.68. The molecule has 3 aromatic rings. The van der Waals surface area contributed by atoms with Crippen molar-refractivity contribution < 1.29 is 28.7 Å². The second kappa shape index (κ2) is 9.20. The van der Waals surface area contributed by atoms with Crippen LogP contribution in [0.5, 0.6) is 5.75 Å². The lowest BCUT2D eigenvalue weighted by Gasteiger charge is -2.17. The zero-order valence-electron chi connectivity index (χ0n) is 18.0. The molecule has 1 fully saturated rings. The molecule has 1 aromatic heterocycles. The van der Waals surface area contributed by atoms with E-state index in [9.17, 15) is 19.2 Å². The van der Waals surface area contributed by atoms with Crippen LogP contribution in [0.25, 0.3) is 0 Å². The molecular weight excluding hydrogens is 456 g/mol. The molecule has 3 heterocycles. The number of nitrogens with one attached hydrogen (secondary N) is 1. The van der Waals surface area contributed by atoms with Crippen LogP contribution in [0.15, 0.2) is 60.0 Å². The zero-order chi connectivity index (χ0) is 23.7. The number of thiophene rings is 1. The van der Waals surface area contributed by atoms with Gasteiger partial charge in [-0.3, -0.25) is 19.3 Å². The van der Waals surface area contributed by atoms with Crippen LogP contribution in [0.4, 0.5) is 5.69 Å². The number of imide groups is 1. The van der Waals surface area contributed by atoms with E-state index < -0.39 is 11.9 Å². The third-order valence-corrected chi connectivity index (χ3v) is 6.55. The van der Waals surface area contributed by atoms with E-state index in [-0.39, 0.29) is 46.9 Å². The van der Waals surface area contributed by atoms with E-state index in [0.29, 0.717) is 17.2 Å². The molecule has 0 radical (unpaired) electrons. The molecule has 1 atom stereocenters. The second-order valence-corrected chi connectivity index (χ2v) is 8.91. The molecule has 8 nitrogen and oxygen atoms in total. The van der Waals surface area contributed by atoms with E-state index in [1.807, 2.05) is 5.38 Å². The predicted molar refractivity (Wildman–Crippen MR) is 124 cm³/mol. The van der Waals surface area contributed by atoms with Gasteiger partial charge in [-0.2, -0.15) is 0 Å². The van der Waals surface area contributed by atoms with E-state index in [4.69, 9.17) is 9.47 Å². The Labute approximate surface area is 199 Å². The van der Waals surface area contributed by atoms with Gasteiger partial charge in [-0.05, 0) is 66.8 Å². The molecule has 1 unspecified atom stereocenters. The molecule has 2 aliphatic rings. The Morgan fingerprint density at radius 2 is 1.85 bits per heavy atom. The zero-order valence-corrected chi connectivity index (χ0v) is 18.8. The van der Waals surface area contributed by atoms with Crippen molar-refractivity contribution in [3.63, 3.8) is 0 Å². The van der Waals surface area contributed by atoms with Crippen LogP contribution in [0, 0.1) is 0 Å². The molecule has 0 saturated carbocycles. The van der Waals surface area contributed by atoms with E-state index in [1.54, 1.807) is 36.4 Å². The number of ether oxygens (including phenoxy) is 2. The van der Waals surface area contributed by atoms with Crippen molar-refractivity contribution in [3.8, 4) is 5.75 Å². The summed E-state index contributed by atoms with van der Waals surface area (Å²) >= 11 is 1.34. The van der Waals surface area contributed by atoms with Crippen LogP contribution in [-0.2, 0) is 4.74 Å². The number of esters is 1. The lowest BCUT2D eigenvalue weighted by Crippen LogP contribution is -2.36. The van der Waals surface area contributed by atoms with E-state index >= 15 is 0 Å². The largest absolute Gasteiger partial charge is 0.423 e. The SMILES string of the molecule is O=C(Oc1ccc(NC(=O)c2cccs2)cc1)c1ccc2c(c1)C(=O)N(CC1CCCO1)C2=O. The van der Waals surface area contributed by atoms with Gasteiger partial charge in [-0.25, -0.2) is 4.79 Å². The number of carbonyl (C=O) groups excluding carboxylic acids is 4. The van der Waals surface area contributed by atoms with Crippen LogP contribution < -0.4 is 10.1 Å². The summed E-state index contributed by atoms with van der Waals surface area (Å²) in [6.07, 6.45) is 1.57. The number of amides is 3. The summed E-state index contributed by atoms with van der Waals surface area (Å²) in [7, 11) is 0. The molecule has 0 aliphatic carbocycles. The number of hydrogen-bond donors (Lipinski definition) is 1. The maximum absolute atomic E-state index is 12.8. The van der Waals surface area contributed by atoms with Gasteiger partial charge in [-0.1, -0.05) is 6.07 Å². The highest BCUT2D eigenvalue weighted by Gasteiger charge is 2.38. The minimum Gasteiger partial charge on any atom is -0.423 e. The highest BCUT2D eigenvalue weighted by molar-refractivity contribution is 7.12. The fraction of sp³-hybridized carbons (Fsp3) is 0.200. The fourth-order valence-electron chi connectivity index (χ4n) is 3.95. The van der Waals surface area contributed by atoms with Gasteiger partial charge in [0.15, 0.2) is 0 Å². The Bertz CT molecular complexity index is 1260. The van der Waals surface area contributed by atoms with Gasteiger partial charge in [0.1, 0.15) is 5.75 Å². The Hall–Kier alpha value is -3.82. The lowest BCUT2D eigenvalue weighted by molar-refractivity contribution is 0.0475. The minimum absolute atomic E-state index is 0.148. The molecule has 5 rings (SSSR count). The summed E-state index contributed by atoms with van der Waals surface area (Å²) in [5.74, 6) is -1.41. The van der Waals surface area contributed by atoms with Crippen molar-refractivity contribution in [2.45, 2.75) is 18.9 Å². The molecule has 34 heavy (non-hydrogen) atoms. The number of rotatable bonds is 6. The first-order valence-corrected chi connectivity index (χ1v) is 11.7. The number of benzene rings is 2. The van der Waals surface area contributed by atoms with Crippen LogP contribution in [0.3, 0.4) is 0 Å². The molecular formula is C25H20N2O6S. The third kappa shape index (κ3) is 4.35. The first kappa shape index (κ1) is 22.0. The summed E-state index contributed by atoms with van der Waals surface area (Å²) in [4.78, 5) is 52.0. The highest BCUT2D eigenvalue weighted by atomic mass is 32.1. The molecule has 172 valence electrons. The van der Waals surface area contributed by atoms with Crippen molar-refractivity contribution in [3.05, 3.63) is 81.5 Å². The van der Waals surface area contributed by atoms with Gasteiger partial charge in [0.2, 0.25) is 0 Å². The summed E-state index contributed by atoms with van der Waals surface area (Å²) in [6, 6.07) is 14.2. The molecule has 0 bridgehead atoms. The number of nitrogens with zero attached hydrogens (tertiary/aromatic N) is 1. The number of fused-ring (bicyclic) bond motifs is 1. The number of anilines is 1. The van der Waals surface area contributed by atoms with Gasteiger partial charge in [0, 0.05) is 12.3 Å². The summed E-state index contributed by atoms with van der Waals surface area (Å²) in [5.41, 5.74) is 1.18. The van der Waals surface area contributed by atoms with E-state index in [1.165, 1.54) is 34.4 Å². The van der Waals surface area contributed by atoms with Gasteiger partial charge < -0.3 is 14.8 Å². The van der Waals surface area contributed by atoms with Crippen LogP contribution in [-0.4, -0.2) is 47.8 Å². The van der Waals surface area contributed by atoms with Crippen LogP contribution in [0.1, 0.15) is 53.6 Å². The average Bonchev–Trinajstić information content (AvgIpc) is 3.60. The van der Waals surface area contributed by atoms with Crippen molar-refractivity contribution in [1.29, 1.82) is 0 Å². The van der Waals surface area contributed by atoms with Gasteiger partial charge in [-0.15, -0.1) is 11.3 Å². The molecule has 0 spiro atoms. The summed E-state index contributed by atoms with van der Waals surface area (Å²) < 4.78 is 11.0. The molecule has 1 N–H and O–H groups in total. The topological polar surface area (TPSA) is 102 Å². The summed E-state index contributed by atoms with van der Waals surface area (Å²) in [6.45, 7) is 0.841. The van der Waals surface area contributed by atoms with Crippen molar-refractivity contribution in [2.75, 3.05) is 18.5 Å². The average molecular weight is 477 g/mol. The molecule has 9 heteroatoms. The van der Waals surface area contributed by atoms with Crippen LogP contribution >= 0.6 is 11.3 Å². The van der Waals surface area contributed by atoms with Crippen molar-refractivity contribution >= 4 is 40.7 Å². The Morgan fingerprint density at radius 3 is 2.56 bits per heavy atom. The van der Waals surface area contributed by atoms with Crippen molar-refractivity contribution in [1.82, 2.24) is 4.90 Å². The number of hydrogen-bond acceptors (Lipinski definition) is 7. The van der Waals surface area contributed by atoms with E-state index in [0.717, 1.165) is 12.8 Å². The maximum atomic E-state index is 12.8. The first-order valence-electron chi connectivity index (χ1n) is 10.8. The molecule has 1 saturated heterocycles. The van der Waals surface area contributed by atoms with Crippen molar-refractivity contribution in [2.24, 2.45) is 0 Å². The van der Waals surface area contributed by atoms with Gasteiger partial charge in [0.05, 0.1) is 34.2 Å². The standard InChI is InChI=1S/C25H20N2O6S/c28-22(21-4-2-12-34-21)26-16-6-8-17(9-7-16)33-25(31)15-5-10-19-20(13-15)24(30)27(23(19)29)14-18-3-1-11-32-18/h2,4-10,12-13,18H,1,3,11,14H2,(H,26,28). The monoisotopic (exact) mass is 476 g/mol. The molecule has 2 aliphatic heterocycles. The van der Waals surface area contributed by atoms with Gasteiger partial charge in [0.25, 0.3) is 17.7 Å². The highest BCUT2D eigenvalue weighted by Crippen LogP contribution is 2.27. The number of carbonyl (C=O) groups is 4. The quantitative estimate of drug-likeness (QED) is 0.328. The predicted octanol–water partition coefficient (Wildman–Crippen LogP) is 3.99. The lowest BCUT2D eigenvalue weighted by atomic mass is 10.1. The maximum Gasteiger partial charge on any atom is 0.343 e. The Morgan fingerprint density at radius 1 is 1.06 bits per heavy atom. The van der Waals surface area contributed by atoms with Gasteiger partial charge >= 0.3 is 5.97 Å². The fourth-order valence-corrected chi connectivity index (χ4v) is 4.57. The van der Waals surface area contributed by atoms with E-state index in [2.05, 4.69) is 5.32 Å². The minimum atomic E-state index is -0.656. The summed E-state index contributed by atoms with van der Waals surface area (Å²) in [5, 5.41) is 4.59. The molecule has 2 aromatic carbocycles. The second-order valence-electron chi connectivity index (χ2n) is 7.96. The Balaban J connectivity index is 1.24.